The number of ketones is 1. The lowest BCUT2D eigenvalue weighted by molar-refractivity contribution is -0.126. The number of nitrogens with two attached hydrogens (primary N) is 1. The molecule has 0 heterocycles. The topological polar surface area (TPSA) is 130 Å². The highest BCUT2D eigenvalue weighted by atomic mass is 127. The molecule has 0 spiro atoms. The normalized spacial score (nSPS) is 14.4. The van der Waals surface area contributed by atoms with E-state index in [1.807, 2.05) is 13.8 Å². The van der Waals surface area contributed by atoms with E-state index in [1.165, 1.54) is 18.7 Å². The minimum Gasteiger partial charge on any atom is -0.346 e. The van der Waals surface area contributed by atoms with E-state index in [0.717, 1.165) is 6.42 Å². The van der Waals surface area contributed by atoms with Crippen molar-refractivity contribution in [2.75, 3.05) is 18.1 Å². The summed E-state index contributed by atoms with van der Waals surface area (Å²) >= 11 is 2.90. The number of rotatable bonds is 12. The average Bonchev–Trinajstić information content (AvgIpc) is 2.53. The maximum absolute atomic E-state index is 11.8. The van der Waals surface area contributed by atoms with Crippen LogP contribution in [0.1, 0.15) is 27.2 Å². The van der Waals surface area contributed by atoms with Gasteiger partial charge in [-0.2, -0.15) is 0 Å². The molecule has 24 heavy (non-hydrogen) atoms. The zero-order chi connectivity index (χ0) is 18.7. The Morgan fingerprint density at radius 2 is 1.83 bits per heavy atom. The predicted molar refractivity (Wildman–Crippen MR) is 103 cm³/mol. The highest BCUT2D eigenvalue weighted by Crippen LogP contribution is 2.11. The Balaban J connectivity index is 4.15. The molecule has 5 N–H and O–H groups in total. The van der Waals surface area contributed by atoms with Gasteiger partial charge in [-0.25, -0.2) is 5.43 Å². The summed E-state index contributed by atoms with van der Waals surface area (Å²) in [6.45, 7) is 5.04. The number of hydrazine groups is 1. The largest absolute Gasteiger partial charge is 0.346 e. The highest BCUT2D eigenvalue weighted by Gasteiger charge is 2.23. The Morgan fingerprint density at radius 1 is 1.21 bits per heavy atom. The van der Waals surface area contributed by atoms with Crippen LogP contribution < -0.4 is 21.9 Å². The van der Waals surface area contributed by atoms with Gasteiger partial charge in [-0.1, -0.05) is 20.3 Å². The third-order valence-electron chi connectivity index (χ3n) is 3.43. The summed E-state index contributed by atoms with van der Waals surface area (Å²) in [5, 5.41) is 5.11. The smallest absolute Gasteiger partial charge is 0.240 e. The van der Waals surface area contributed by atoms with Gasteiger partial charge in [-0.05, 0) is 12.8 Å². The van der Waals surface area contributed by atoms with Crippen molar-refractivity contribution in [1.29, 1.82) is 0 Å². The number of halogens is 1. The molecule has 0 aliphatic heterocycles. The molecule has 0 rings (SSSR count). The Bertz CT molecular complexity index is 464. The molecule has 10 heteroatoms. The Hall–Kier alpha value is -0.720. The molecule has 0 saturated heterocycles. The fraction of sp³-hybridized carbons (Fsp3) is 0.714. The van der Waals surface area contributed by atoms with E-state index < -0.39 is 18.0 Å². The third kappa shape index (κ3) is 9.55. The van der Waals surface area contributed by atoms with E-state index in [4.69, 9.17) is 5.84 Å². The zero-order valence-corrected chi connectivity index (χ0v) is 17.0. The van der Waals surface area contributed by atoms with Crippen LogP contribution in [0.5, 0.6) is 0 Å². The Morgan fingerprint density at radius 3 is 2.29 bits per heavy atom. The van der Waals surface area contributed by atoms with Crippen molar-refractivity contribution >= 4 is 55.7 Å². The molecule has 0 radical (unpaired) electrons. The van der Waals surface area contributed by atoms with Crippen LogP contribution in [0, 0.1) is 5.92 Å². The molecule has 2 amide bonds. The van der Waals surface area contributed by atoms with Crippen LogP contribution in [-0.4, -0.2) is 51.5 Å². The monoisotopic (exact) mass is 472 g/mol. The molecule has 3 atom stereocenters. The number of nitrogens with one attached hydrogen (secondary N) is 3. The quantitative estimate of drug-likeness (QED) is 0.133. The van der Waals surface area contributed by atoms with Gasteiger partial charge in [0, 0.05) is 28.3 Å². The first-order valence-corrected chi connectivity index (χ1v) is 9.75. The van der Waals surface area contributed by atoms with Crippen molar-refractivity contribution in [3.63, 3.8) is 0 Å². The molecule has 0 saturated carbocycles. The van der Waals surface area contributed by atoms with Crippen molar-refractivity contribution in [2.24, 2.45) is 11.8 Å². The average molecular weight is 472 g/mol. The lowest BCUT2D eigenvalue weighted by Gasteiger charge is -2.20. The first-order valence-electron chi connectivity index (χ1n) is 7.52. The number of hydrogen-bond acceptors (Lipinski definition) is 7. The molecule has 0 aliphatic carbocycles. The van der Waals surface area contributed by atoms with Crippen LogP contribution in [0.25, 0.3) is 0 Å². The summed E-state index contributed by atoms with van der Waals surface area (Å²) in [7, 11) is 0. The van der Waals surface area contributed by atoms with Gasteiger partial charge in [0.1, 0.15) is 11.8 Å². The second kappa shape index (κ2) is 12.6. The van der Waals surface area contributed by atoms with Gasteiger partial charge >= 0.3 is 0 Å². The second-order valence-corrected chi connectivity index (χ2v) is 7.45. The summed E-state index contributed by atoms with van der Waals surface area (Å²) < 4.78 is -0.137. The summed E-state index contributed by atoms with van der Waals surface area (Å²) in [5.41, 5.74) is 2.37. The molecule has 0 bridgehead atoms. The van der Waals surface area contributed by atoms with Crippen molar-refractivity contribution in [2.45, 2.75) is 39.3 Å². The van der Waals surface area contributed by atoms with Gasteiger partial charge in [-0.15, -0.1) is 11.8 Å². The number of thioether (sulfide) groups is 1. The SMILES string of the molecule is CC[C@H](C)[C@H](NC(=O)CNC(=O)CSCC(NN)C(C)=O)C(=O)I. The standard InChI is InChI=1S/C14H25IN4O4S/c1-4-8(2)13(14(15)23)18-11(21)5-17-12(22)7-24-6-10(19-16)9(3)20/h8,10,13,19H,4-7,16H2,1-3H3,(H,17,22)(H,18,21)/t8-,10?,13-/m0/s1. The van der Waals surface area contributed by atoms with Crippen LogP contribution in [0.4, 0.5) is 0 Å². The maximum atomic E-state index is 11.8. The van der Waals surface area contributed by atoms with Gasteiger partial charge < -0.3 is 10.6 Å². The maximum Gasteiger partial charge on any atom is 0.240 e. The number of Topliss-reactive ketones (excluding diaryl/α,β-unsaturated/α-hetero) is 1. The molecule has 138 valence electrons. The summed E-state index contributed by atoms with van der Waals surface area (Å²) in [6, 6.07) is -1.06. The molecular formula is C14H25IN4O4S. The molecule has 8 nitrogen and oxygen atoms in total. The molecule has 0 aliphatic rings. The van der Waals surface area contributed by atoms with E-state index >= 15 is 0 Å². The van der Waals surface area contributed by atoms with E-state index in [1.54, 1.807) is 22.6 Å². The first-order chi connectivity index (χ1) is 11.2. The van der Waals surface area contributed by atoms with E-state index in [-0.39, 0.29) is 33.7 Å². The predicted octanol–water partition coefficient (Wildman–Crippen LogP) is -0.251. The lowest BCUT2D eigenvalue weighted by atomic mass is 10.0. The van der Waals surface area contributed by atoms with Gasteiger partial charge in [-0.3, -0.25) is 25.0 Å². The number of carbonyl (C=O) groups is 4. The lowest BCUT2D eigenvalue weighted by Crippen LogP contribution is -2.47. The third-order valence-corrected chi connectivity index (χ3v) is 5.14. The molecular weight excluding hydrogens is 447 g/mol. The fourth-order valence-corrected chi connectivity index (χ4v) is 3.41. The fourth-order valence-electron chi connectivity index (χ4n) is 1.67. The van der Waals surface area contributed by atoms with Crippen LogP contribution >= 0.6 is 34.4 Å². The van der Waals surface area contributed by atoms with Gasteiger partial charge in [0.15, 0.2) is 0 Å². The molecule has 0 aromatic carbocycles. The molecule has 0 aromatic heterocycles. The van der Waals surface area contributed by atoms with Crippen molar-refractivity contribution in [3.8, 4) is 0 Å². The highest BCUT2D eigenvalue weighted by molar-refractivity contribution is 14.1. The number of carbonyl (C=O) groups excluding carboxylic acids is 4. The molecule has 0 aromatic rings. The van der Waals surface area contributed by atoms with Crippen LogP contribution in [0.2, 0.25) is 0 Å². The Labute approximate surface area is 159 Å². The number of hydrogen-bond donors (Lipinski definition) is 4. The first kappa shape index (κ1) is 23.3. The van der Waals surface area contributed by atoms with E-state index in [0.29, 0.717) is 5.75 Å². The minimum atomic E-state index is -0.554. The zero-order valence-electron chi connectivity index (χ0n) is 14.1. The van der Waals surface area contributed by atoms with Crippen LogP contribution in [0.3, 0.4) is 0 Å². The van der Waals surface area contributed by atoms with Crippen molar-refractivity contribution < 1.29 is 19.2 Å². The van der Waals surface area contributed by atoms with Crippen molar-refractivity contribution in [1.82, 2.24) is 16.1 Å². The summed E-state index contributed by atoms with van der Waals surface area (Å²) in [6.07, 6.45) is 0.759. The summed E-state index contributed by atoms with van der Waals surface area (Å²) in [5.74, 6) is 4.89. The van der Waals surface area contributed by atoms with Gasteiger partial charge in [0.05, 0.1) is 18.3 Å². The molecule has 0 fully saturated rings. The molecule has 1 unspecified atom stereocenters. The second-order valence-electron chi connectivity index (χ2n) is 5.36. The van der Waals surface area contributed by atoms with E-state index in [2.05, 4.69) is 16.1 Å². The minimum absolute atomic E-state index is 0.0249. The number of amides is 2. The van der Waals surface area contributed by atoms with Gasteiger partial charge in [0.25, 0.3) is 0 Å². The van der Waals surface area contributed by atoms with Crippen LogP contribution in [0.15, 0.2) is 0 Å². The summed E-state index contributed by atoms with van der Waals surface area (Å²) in [4.78, 5) is 46.2. The van der Waals surface area contributed by atoms with Crippen LogP contribution in [-0.2, 0) is 19.2 Å². The van der Waals surface area contributed by atoms with Crippen molar-refractivity contribution in [3.05, 3.63) is 0 Å². The van der Waals surface area contributed by atoms with Gasteiger partial charge in [0.2, 0.25) is 15.6 Å². The Kier molecular flexibility index (Phi) is 12.2. The van der Waals surface area contributed by atoms with E-state index in [9.17, 15) is 19.2 Å².